The van der Waals surface area contributed by atoms with E-state index >= 15 is 0 Å². The molecule has 3 fully saturated rings. The third-order valence-electron chi connectivity index (χ3n) is 11.5. The molecule has 12 nitrogen and oxygen atoms in total. The van der Waals surface area contributed by atoms with E-state index < -0.39 is 17.8 Å². The Bertz CT molecular complexity index is 2110. The first-order chi connectivity index (χ1) is 26.4. The van der Waals surface area contributed by atoms with Gasteiger partial charge in [-0.05, 0) is 79.5 Å². The van der Waals surface area contributed by atoms with E-state index in [2.05, 4.69) is 48.5 Å². The molecule has 2 aromatic carbocycles. The lowest BCUT2D eigenvalue weighted by Gasteiger charge is -2.38. The fourth-order valence-corrected chi connectivity index (χ4v) is 8.95. The van der Waals surface area contributed by atoms with Gasteiger partial charge in [0.15, 0.2) is 0 Å². The Balaban J connectivity index is 0.832. The van der Waals surface area contributed by atoms with Crippen molar-refractivity contribution in [3.8, 4) is 5.75 Å². The first kappa shape index (κ1) is 37.3. The molecule has 55 heavy (non-hydrogen) atoms. The maximum Gasteiger partial charge on any atom is 0.433 e. The van der Waals surface area contributed by atoms with Gasteiger partial charge in [-0.25, -0.2) is 4.98 Å². The summed E-state index contributed by atoms with van der Waals surface area (Å²) in [4.78, 5) is 47.7. The van der Waals surface area contributed by atoms with Gasteiger partial charge in [-0.2, -0.15) is 30.9 Å². The fourth-order valence-electron chi connectivity index (χ4n) is 8.45. The molecule has 290 valence electrons. The molecule has 0 spiro atoms. The van der Waals surface area contributed by atoms with Crippen molar-refractivity contribution < 1.29 is 32.3 Å². The van der Waals surface area contributed by atoms with Crippen molar-refractivity contribution in [1.82, 2.24) is 29.9 Å². The topological polar surface area (TPSA) is 125 Å². The van der Waals surface area contributed by atoms with E-state index in [1.54, 1.807) is 12.1 Å². The summed E-state index contributed by atoms with van der Waals surface area (Å²) in [5.41, 5.74) is 3.05. The van der Waals surface area contributed by atoms with Gasteiger partial charge in [-0.3, -0.25) is 29.3 Å². The molecule has 6 heterocycles. The lowest BCUT2D eigenvalue weighted by molar-refractivity contribution is -0.141. The number of anilines is 2. The Hall–Kier alpha value is -4.67. The smallest absolute Gasteiger partial charge is 0.433 e. The zero-order valence-electron chi connectivity index (χ0n) is 30.4. The van der Waals surface area contributed by atoms with Crippen LogP contribution in [0.1, 0.15) is 77.2 Å². The Morgan fingerprint density at radius 1 is 1.02 bits per heavy atom. The number of amides is 3. The van der Waals surface area contributed by atoms with E-state index in [4.69, 9.17) is 22.5 Å². The summed E-state index contributed by atoms with van der Waals surface area (Å²) >= 11 is 4.85. The van der Waals surface area contributed by atoms with Crippen molar-refractivity contribution in [2.75, 3.05) is 50.1 Å². The molecular formula is C39H43F3N8O4S. The van der Waals surface area contributed by atoms with E-state index in [1.807, 2.05) is 10.9 Å². The number of hydrogen-bond donors (Lipinski definition) is 3. The average Bonchev–Trinajstić information content (AvgIpc) is 3.74. The van der Waals surface area contributed by atoms with Crippen LogP contribution in [0.25, 0.3) is 10.9 Å². The number of piperidine rings is 3. The lowest BCUT2D eigenvalue weighted by Crippen LogP contribution is -2.51. The number of fused-ring (bicyclic) bond motifs is 2. The minimum Gasteiger partial charge on any atom is -0.494 e. The number of ether oxygens (including phenoxy) is 1. The van der Waals surface area contributed by atoms with Crippen LogP contribution in [0.15, 0.2) is 54.7 Å². The summed E-state index contributed by atoms with van der Waals surface area (Å²) in [7, 11) is 1.46. The summed E-state index contributed by atoms with van der Waals surface area (Å²) in [5, 5.41) is 10.6. The molecule has 0 bridgehead atoms. The Morgan fingerprint density at radius 3 is 2.53 bits per heavy atom. The van der Waals surface area contributed by atoms with Gasteiger partial charge < -0.3 is 19.9 Å². The zero-order valence-corrected chi connectivity index (χ0v) is 31.3. The molecule has 0 radical (unpaired) electrons. The van der Waals surface area contributed by atoms with Gasteiger partial charge in [-0.15, -0.1) is 0 Å². The highest BCUT2D eigenvalue weighted by Crippen LogP contribution is 2.41. The van der Waals surface area contributed by atoms with E-state index in [0.29, 0.717) is 42.3 Å². The van der Waals surface area contributed by atoms with Crippen LogP contribution in [-0.4, -0.2) is 88.2 Å². The highest BCUT2D eigenvalue weighted by Gasteiger charge is 2.39. The Morgan fingerprint density at radius 2 is 1.80 bits per heavy atom. The molecule has 4 aromatic rings. The minimum atomic E-state index is -4.66. The molecule has 8 rings (SSSR count). The van der Waals surface area contributed by atoms with E-state index in [-0.39, 0.29) is 35.0 Å². The van der Waals surface area contributed by atoms with Gasteiger partial charge in [0, 0.05) is 69.0 Å². The number of likely N-dealkylation sites (tertiary alicyclic amines) is 1. The van der Waals surface area contributed by atoms with E-state index in [9.17, 15) is 27.6 Å². The maximum atomic E-state index is 13.2. The van der Waals surface area contributed by atoms with Crippen molar-refractivity contribution in [2.24, 2.45) is 5.92 Å². The monoisotopic (exact) mass is 776 g/mol. The molecule has 4 aliphatic heterocycles. The number of nitrogens with one attached hydrogen (secondary N) is 2. The van der Waals surface area contributed by atoms with Crippen LogP contribution in [-0.2, 0) is 22.3 Å². The van der Waals surface area contributed by atoms with Gasteiger partial charge in [0.1, 0.15) is 17.1 Å². The number of carbonyl (C=O) groups is 3. The number of halogens is 3. The highest BCUT2D eigenvalue weighted by atomic mass is 32.1. The zero-order chi connectivity index (χ0) is 38.4. The molecule has 0 aliphatic carbocycles. The van der Waals surface area contributed by atoms with Gasteiger partial charge in [0.05, 0.1) is 35.8 Å². The Kier molecular flexibility index (Phi) is 10.2. The van der Waals surface area contributed by atoms with Crippen molar-refractivity contribution in [3.05, 3.63) is 77.2 Å². The van der Waals surface area contributed by atoms with E-state index in [0.717, 1.165) is 81.5 Å². The van der Waals surface area contributed by atoms with Gasteiger partial charge in [-0.1, -0.05) is 12.1 Å². The molecule has 2 atom stereocenters. The number of aromatic nitrogens is 3. The number of imide groups is 1. The largest absolute Gasteiger partial charge is 0.494 e. The van der Waals surface area contributed by atoms with E-state index in [1.165, 1.54) is 24.4 Å². The van der Waals surface area contributed by atoms with Crippen molar-refractivity contribution in [3.63, 3.8) is 0 Å². The van der Waals surface area contributed by atoms with Crippen molar-refractivity contribution >= 4 is 52.6 Å². The number of nitrogens with zero attached hydrogens (tertiary/aromatic N) is 6. The average molecular weight is 777 g/mol. The molecule has 4 aliphatic rings. The first-order valence-corrected chi connectivity index (χ1v) is 19.3. The molecule has 2 unspecified atom stereocenters. The predicted octanol–water partition coefficient (Wildman–Crippen LogP) is 5.81. The first-order valence-electron chi connectivity index (χ1n) is 18.7. The van der Waals surface area contributed by atoms with Gasteiger partial charge >= 0.3 is 6.18 Å². The summed E-state index contributed by atoms with van der Waals surface area (Å²) in [6, 6.07) is 13.1. The van der Waals surface area contributed by atoms with Crippen molar-refractivity contribution in [1.29, 1.82) is 0 Å². The summed E-state index contributed by atoms with van der Waals surface area (Å²) in [6.45, 7) is 5.62. The third kappa shape index (κ3) is 7.76. The van der Waals surface area contributed by atoms with Crippen LogP contribution in [0.4, 0.5) is 24.5 Å². The van der Waals surface area contributed by atoms with Crippen LogP contribution < -0.4 is 20.3 Å². The number of rotatable bonds is 8. The molecular weight excluding hydrogens is 734 g/mol. The minimum absolute atomic E-state index is 0.173. The molecule has 2 aromatic heterocycles. The number of thiol groups is 1. The molecule has 3 amide bonds. The van der Waals surface area contributed by atoms with Crippen LogP contribution in [0, 0.1) is 5.92 Å². The maximum absolute atomic E-state index is 13.2. The van der Waals surface area contributed by atoms with Crippen LogP contribution in [0.5, 0.6) is 5.75 Å². The fraction of sp³-hybridized carbons (Fsp3) is 0.462. The van der Waals surface area contributed by atoms with Crippen LogP contribution in [0.2, 0.25) is 0 Å². The molecule has 16 heteroatoms. The Labute approximate surface area is 321 Å². The standard InChI is InChI=1S/C39H43F3N8O4S/c1-54-33-19-30-25(18-31(33)44-36(52)29-3-2-4-34(43-29)39(40,41)42)22-50(46-30)26-11-13-47(14-12-26)20-23-9-15-48(16-10-23)27-5-6-28-24(17-27)21-49(38(28)55)32-7-8-35(51)45-37(32)53/h2-6,17-19,22-23,26,32,38,55H,7-16,20-21H2,1H3,(H,44,52)(H,45,51,53). The quantitative estimate of drug-likeness (QED) is 0.150. The molecule has 0 saturated carbocycles. The lowest BCUT2D eigenvalue weighted by atomic mass is 9.94. The second-order valence-electron chi connectivity index (χ2n) is 14.9. The second kappa shape index (κ2) is 15.1. The second-order valence-corrected chi connectivity index (χ2v) is 15.4. The molecule has 3 saturated heterocycles. The number of pyridine rings is 1. The number of methoxy groups -OCH3 is 1. The van der Waals surface area contributed by atoms with Crippen molar-refractivity contribution in [2.45, 2.75) is 68.7 Å². The number of benzene rings is 2. The van der Waals surface area contributed by atoms with Gasteiger partial charge in [0.2, 0.25) is 11.8 Å². The summed E-state index contributed by atoms with van der Waals surface area (Å²) < 4.78 is 47.0. The normalized spacial score (nSPS) is 21.9. The number of hydrogen-bond acceptors (Lipinski definition) is 10. The van der Waals surface area contributed by atoms with Crippen LogP contribution in [0.3, 0.4) is 0 Å². The summed E-state index contributed by atoms with van der Waals surface area (Å²) in [5.74, 6) is -0.252. The predicted molar refractivity (Wildman–Crippen MR) is 203 cm³/mol. The number of alkyl halides is 3. The third-order valence-corrected chi connectivity index (χ3v) is 12.0. The number of carbonyl (C=O) groups excluding carboxylic acids is 3. The highest BCUT2D eigenvalue weighted by molar-refractivity contribution is 7.80. The summed E-state index contributed by atoms with van der Waals surface area (Å²) in [6.07, 6.45) is 2.29. The SMILES string of the molecule is COc1cc2nn(C3CCN(CC4CCN(c5ccc6c(c5)CN(C5CCC(=O)NC5=O)C6S)CC4)CC3)cc2cc1NC(=O)c1cccc(C(F)(F)F)n1. The molecule has 2 N–H and O–H groups in total. The van der Waals surface area contributed by atoms with Crippen LogP contribution >= 0.6 is 12.6 Å². The van der Waals surface area contributed by atoms with Gasteiger partial charge in [0.25, 0.3) is 5.91 Å².